The lowest BCUT2D eigenvalue weighted by atomic mass is 9.47. The Morgan fingerprint density at radius 3 is 2.43 bits per heavy atom. The minimum absolute atomic E-state index is 0.0602. The molecule has 4 aliphatic carbocycles. The van der Waals surface area contributed by atoms with Gasteiger partial charge in [-0.15, -0.1) is 0 Å². The van der Waals surface area contributed by atoms with E-state index in [1.54, 1.807) is 0 Å². The van der Waals surface area contributed by atoms with Crippen LogP contribution in [-0.2, 0) is 6.61 Å². The van der Waals surface area contributed by atoms with E-state index in [1.807, 2.05) is 0 Å². The van der Waals surface area contributed by atoms with Crippen molar-refractivity contribution in [3.8, 4) is 0 Å². The Hall–Kier alpha value is -1.10. The standard InChI is InChI=1S/C16H24N4O/c21-9-14-18-15-17-2-1-13(20(15)19-14)16-6-10-3-11(7-16)5-12(4-10)8-16/h10-13,21H,1-9H2,(H,17,18,19). The first-order valence-corrected chi connectivity index (χ1v) is 8.56. The summed E-state index contributed by atoms with van der Waals surface area (Å²) in [4.78, 5) is 4.44. The Morgan fingerprint density at radius 1 is 1.14 bits per heavy atom. The van der Waals surface area contributed by atoms with E-state index in [0.717, 1.165) is 36.7 Å². The monoisotopic (exact) mass is 288 g/mol. The van der Waals surface area contributed by atoms with Gasteiger partial charge in [0.05, 0.1) is 6.04 Å². The molecule has 4 saturated carbocycles. The summed E-state index contributed by atoms with van der Waals surface area (Å²) in [6.45, 7) is 0.936. The van der Waals surface area contributed by atoms with Crippen molar-refractivity contribution in [2.45, 2.75) is 57.6 Å². The molecule has 1 unspecified atom stereocenters. The van der Waals surface area contributed by atoms with Crippen molar-refractivity contribution in [2.24, 2.45) is 23.2 Å². The van der Waals surface area contributed by atoms with Gasteiger partial charge in [-0.25, -0.2) is 4.68 Å². The van der Waals surface area contributed by atoms with Crippen LogP contribution >= 0.6 is 0 Å². The third-order valence-corrected chi connectivity index (χ3v) is 6.61. The Balaban J connectivity index is 1.55. The highest BCUT2D eigenvalue weighted by molar-refractivity contribution is 5.29. The predicted molar refractivity (Wildman–Crippen MR) is 78.7 cm³/mol. The molecule has 0 saturated heterocycles. The van der Waals surface area contributed by atoms with Gasteiger partial charge < -0.3 is 10.4 Å². The van der Waals surface area contributed by atoms with Gasteiger partial charge in [-0.2, -0.15) is 10.1 Å². The van der Waals surface area contributed by atoms with E-state index in [2.05, 4.69) is 20.1 Å². The van der Waals surface area contributed by atoms with Crippen molar-refractivity contribution < 1.29 is 5.11 Å². The van der Waals surface area contributed by atoms with Crippen molar-refractivity contribution in [1.82, 2.24) is 14.8 Å². The van der Waals surface area contributed by atoms with Gasteiger partial charge >= 0.3 is 0 Å². The molecule has 6 rings (SSSR count). The highest BCUT2D eigenvalue weighted by Crippen LogP contribution is 2.64. The Bertz CT molecular complexity index is 531. The summed E-state index contributed by atoms with van der Waals surface area (Å²) in [5.41, 5.74) is 0.464. The molecule has 1 aliphatic heterocycles. The number of fused-ring (bicyclic) bond motifs is 1. The zero-order chi connectivity index (χ0) is 14.0. The number of nitrogens with zero attached hydrogens (tertiary/aromatic N) is 3. The quantitative estimate of drug-likeness (QED) is 0.877. The van der Waals surface area contributed by atoms with Crippen LogP contribution in [0.3, 0.4) is 0 Å². The van der Waals surface area contributed by atoms with Gasteiger partial charge in [0.2, 0.25) is 5.95 Å². The summed E-state index contributed by atoms with van der Waals surface area (Å²) in [5.74, 6) is 4.35. The lowest BCUT2D eigenvalue weighted by molar-refractivity contribution is -0.0870. The van der Waals surface area contributed by atoms with Gasteiger partial charge in [-0.05, 0) is 68.1 Å². The molecule has 1 atom stereocenters. The summed E-state index contributed by atoms with van der Waals surface area (Å²) in [6.07, 6.45) is 9.81. The fraction of sp³-hybridized carbons (Fsp3) is 0.875. The lowest BCUT2D eigenvalue weighted by Crippen LogP contribution is -2.51. The Labute approximate surface area is 125 Å². The van der Waals surface area contributed by atoms with Gasteiger partial charge in [-0.1, -0.05) is 0 Å². The summed E-state index contributed by atoms with van der Waals surface area (Å²) in [7, 11) is 0. The minimum atomic E-state index is -0.0602. The number of hydrogen-bond acceptors (Lipinski definition) is 4. The number of aromatic nitrogens is 3. The molecule has 1 aromatic heterocycles. The molecule has 0 radical (unpaired) electrons. The van der Waals surface area contributed by atoms with Crippen LogP contribution in [-0.4, -0.2) is 26.4 Å². The van der Waals surface area contributed by atoms with Crippen LogP contribution in [0.15, 0.2) is 0 Å². The highest BCUT2D eigenvalue weighted by Gasteiger charge is 2.55. The Morgan fingerprint density at radius 2 is 1.81 bits per heavy atom. The number of aliphatic hydroxyl groups is 1. The fourth-order valence-corrected chi connectivity index (χ4v) is 6.37. The predicted octanol–water partition coefficient (Wildman–Crippen LogP) is 2.34. The summed E-state index contributed by atoms with van der Waals surface area (Å²) in [5, 5.41) is 17.3. The van der Waals surface area contributed by atoms with E-state index < -0.39 is 0 Å². The molecule has 4 bridgehead atoms. The summed E-state index contributed by atoms with van der Waals surface area (Å²) >= 11 is 0. The molecule has 4 fully saturated rings. The molecule has 1 aromatic rings. The smallest absolute Gasteiger partial charge is 0.221 e. The molecule has 114 valence electrons. The molecular formula is C16H24N4O. The first-order chi connectivity index (χ1) is 10.3. The largest absolute Gasteiger partial charge is 0.388 e. The van der Waals surface area contributed by atoms with Crippen molar-refractivity contribution in [1.29, 1.82) is 0 Å². The topological polar surface area (TPSA) is 63.0 Å². The second-order valence-electron chi connectivity index (χ2n) is 7.97. The van der Waals surface area contributed by atoms with Crippen molar-refractivity contribution in [3.63, 3.8) is 0 Å². The second kappa shape index (κ2) is 4.22. The molecule has 21 heavy (non-hydrogen) atoms. The maximum Gasteiger partial charge on any atom is 0.221 e. The van der Waals surface area contributed by atoms with E-state index in [9.17, 15) is 5.11 Å². The molecule has 0 amide bonds. The van der Waals surface area contributed by atoms with Gasteiger partial charge in [0.15, 0.2) is 5.82 Å². The van der Waals surface area contributed by atoms with Crippen LogP contribution in [0.5, 0.6) is 0 Å². The molecule has 0 aromatic carbocycles. The fourth-order valence-electron chi connectivity index (χ4n) is 6.37. The van der Waals surface area contributed by atoms with E-state index >= 15 is 0 Å². The van der Waals surface area contributed by atoms with E-state index in [-0.39, 0.29) is 6.61 Å². The zero-order valence-electron chi connectivity index (χ0n) is 12.5. The number of rotatable bonds is 2. The van der Waals surface area contributed by atoms with E-state index in [0.29, 0.717) is 17.3 Å². The third-order valence-electron chi connectivity index (χ3n) is 6.61. The Kier molecular flexibility index (Phi) is 2.50. The van der Waals surface area contributed by atoms with Gasteiger partial charge in [-0.3, -0.25) is 0 Å². The number of anilines is 1. The normalized spacial score (nSPS) is 43.7. The van der Waals surface area contributed by atoms with E-state index in [1.165, 1.54) is 38.5 Å². The molecule has 5 aliphatic rings. The van der Waals surface area contributed by atoms with Crippen molar-refractivity contribution >= 4 is 5.95 Å². The average molecular weight is 288 g/mol. The SMILES string of the molecule is OCc1nc2n(n1)C(C13CC4CC(CC(C4)C1)C3)CCN2. The van der Waals surface area contributed by atoms with Crippen LogP contribution in [0.1, 0.15) is 56.8 Å². The zero-order valence-corrected chi connectivity index (χ0v) is 12.5. The third kappa shape index (κ3) is 1.73. The molecule has 2 N–H and O–H groups in total. The first kappa shape index (κ1) is 12.4. The van der Waals surface area contributed by atoms with Crippen LogP contribution < -0.4 is 5.32 Å². The van der Waals surface area contributed by atoms with Crippen LogP contribution in [0.25, 0.3) is 0 Å². The molecule has 0 spiro atoms. The maximum atomic E-state index is 9.34. The van der Waals surface area contributed by atoms with Crippen LogP contribution in [0.2, 0.25) is 0 Å². The summed E-state index contributed by atoms with van der Waals surface area (Å²) in [6, 6.07) is 0.495. The molecule has 5 nitrogen and oxygen atoms in total. The van der Waals surface area contributed by atoms with Gasteiger partial charge in [0.25, 0.3) is 0 Å². The molecular weight excluding hydrogens is 264 g/mol. The summed E-state index contributed by atoms with van der Waals surface area (Å²) < 4.78 is 2.13. The first-order valence-electron chi connectivity index (χ1n) is 8.56. The number of hydrogen-bond donors (Lipinski definition) is 2. The van der Waals surface area contributed by atoms with E-state index in [4.69, 9.17) is 0 Å². The number of aliphatic hydroxyl groups excluding tert-OH is 1. The lowest BCUT2D eigenvalue weighted by Gasteiger charge is -2.59. The second-order valence-corrected chi connectivity index (χ2v) is 7.97. The van der Waals surface area contributed by atoms with Gasteiger partial charge in [0.1, 0.15) is 6.61 Å². The van der Waals surface area contributed by atoms with Crippen LogP contribution in [0, 0.1) is 23.2 Å². The highest BCUT2D eigenvalue weighted by atomic mass is 16.3. The number of nitrogens with one attached hydrogen (secondary N) is 1. The van der Waals surface area contributed by atoms with Crippen LogP contribution in [0.4, 0.5) is 5.95 Å². The average Bonchev–Trinajstić information content (AvgIpc) is 2.88. The van der Waals surface area contributed by atoms with Crippen molar-refractivity contribution in [2.75, 3.05) is 11.9 Å². The maximum absolute atomic E-state index is 9.34. The molecule has 5 heteroatoms. The minimum Gasteiger partial charge on any atom is -0.388 e. The molecule has 2 heterocycles. The van der Waals surface area contributed by atoms with Gasteiger partial charge in [0, 0.05) is 6.54 Å². The van der Waals surface area contributed by atoms with Crippen molar-refractivity contribution in [3.05, 3.63) is 5.82 Å².